The Morgan fingerprint density at radius 2 is 1.86 bits per heavy atom. The molecule has 1 aliphatic rings. The van der Waals surface area contributed by atoms with Crippen LogP contribution in [0.15, 0.2) is 24.3 Å². The average Bonchev–Trinajstić information content (AvgIpc) is 2.43. The number of hydrogen-bond acceptors (Lipinski definition) is 3. The lowest BCUT2D eigenvalue weighted by atomic mass is 10.1. The largest absolute Gasteiger partial charge is 0.354 e. The number of nitrogens with one attached hydrogen (secondary N) is 2. The van der Waals surface area contributed by atoms with Crippen LogP contribution < -0.4 is 10.6 Å². The fraction of sp³-hybridized carbons (Fsp3) is 0.467. The van der Waals surface area contributed by atoms with Crippen LogP contribution in [0.2, 0.25) is 5.02 Å². The van der Waals surface area contributed by atoms with Crippen LogP contribution in [0.3, 0.4) is 0 Å². The average molecular weight is 310 g/mol. The minimum absolute atomic E-state index is 0.00827. The van der Waals surface area contributed by atoms with E-state index in [9.17, 15) is 9.59 Å². The summed E-state index contributed by atoms with van der Waals surface area (Å²) in [4.78, 5) is 25.1. The molecule has 1 aromatic carbocycles. The van der Waals surface area contributed by atoms with Gasteiger partial charge in [-0.2, -0.15) is 0 Å². The van der Waals surface area contributed by atoms with Gasteiger partial charge in [-0.15, -0.1) is 0 Å². The van der Waals surface area contributed by atoms with Gasteiger partial charge >= 0.3 is 0 Å². The van der Waals surface area contributed by atoms with E-state index in [0.29, 0.717) is 11.6 Å². The first kappa shape index (κ1) is 15.8. The molecule has 0 atom stereocenters. The molecule has 1 fully saturated rings. The molecule has 2 N–H and O–H groups in total. The van der Waals surface area contributed by atoms with Gasteiger partial charge in [0.05, 0.1) is 6.54 Å². The van der Waals surface area contributed by atoms with Crippen molar-refractivity contribution in [1.29, 1.82) is 0 Å². The topological polar surface area (TPSA) is 61.4 Å². The van der Waals surface area contributed by atoms with Crippen molar-refractivity contribution < 1.29 is 9.59 Å². The summed E-state index contributed by atoms with van der Waals surface area (Å²) in [7, 11) is 0. The van der Waals surface area contributed by atoms with Crippen molar-refractivity contribution in [2.45, 2.75) is 25.8 Å². The highest BCUT2D eigenvalue weighted by Crippen LogP contribution is 2.14. The number of piperidine rings is 1. The van der Waals surface area contributed by atoms with E-state index < -0.39 is 0 Å². The summed E-state index contributed by atoms with van der Waals surface area (Å²) in [5.74, 6) is -0.0239. The lowest BCUT2D eigenvalue weighted by Crippen LogP contribution is -2.46. The molecule has 1 heterocycles. The van der Waals surface area contributed by atoms with Crippen molar-refractivity contribution in [3.63, 3.8) is 0 Å². The zero-order valence-corrected chi connectivity index (χ0v) is 12.8. The molecule has 114 valence electrons. The Labute approximate surface area is 129 Å². The SMILES string of the molecule is CC(=O)NC1CCN(CC(=O)Nc2ccc(Cl)cc2)CC1. The van der Waals surface area contributed by atoms with E-state index in [4.69, 9.17) is 11.6 Å². The van der Waals surface area contributed by atoms with Crippen LogP contribution in [0.1, 0.15) is 19.8 Å². The van der Waals surface area contributed by atoms with Crippen LogP contribution in [0.5, 0.6) is 0 Å². The van der Waals surface area contributed by atoms with Crippen LogP contribution in [0.4, 0.5) is 5.69 Å². The third-order valence-corrected chi connectivity index (χ3v) is 3.74. The van der Waals surface area contributed by atoms with Crippen molar-refractivity contribution in [3.8, 4) is 0 Å². The van der Waals surface area contributed by atoms with Crippen molar-refractivity contribution >= 4 is 29.1 Å². The molecule has 6 heteroatoms. The van der Waals surface area contributed by atoms with Gasteiger partial charge in [-0.1, -0.05) is 11.6 Å². The molecule has 0 saturated carbocycles. The number of hydrogen-bond donors (Lipinski definition) is 2. The smallest absolute Gasteiger partial charge is 0.238 e. The van der Waals surface area contributed by atoms with E-state index in [0.717, 1.165) is 31.6 Å². The Kier molecular flexibility index (Phi) is 5.59. The number of benzene rings is 1. The molecule has 1 aromatic rings. The number of carbonyl (C=O) groups excluding carboxylic acids is 2. The van der Waals surface area contributed by atoms with Gasteiger partial charge in [-0.3, -0.25) is 14.5 Å². The molecule has 1 saturated heterocycles. The van der Waals surface area contributed by atoms with Gasteiger partial charge in [-0.05, 0) is 37.1 Å². The van der Waals surface area contributed by atoms with E-state index in [-0.39, 0.29) is 17.9 Å². The van der Waals surface area contributed by atoms with Gasteiger partial charge in [-0.25, -0.2) is 0 Å². The first-order valence-electron chi connectivity index (χ1n) is 7.08. The third-order valence-electron chi connectivity index (χ3n) is 3.49. The minimum Gasteiger partial charge on any atom is -0.354 e. The second-order valence-corrected chi connectivity index (χ2v) is 5.74. The Balaban J connectivity index is 1.74. The zero-order chi connectivity index (χ0) is 15.2. The van der Waals surface area contributed by atoms with Crippen molar-refractivity contribution in [1.82, 2.24) is 10.2 Å². The van der Waals surface area contributed by atoms with Gasteiger partial charge in [0.1, 0.15) is 0 Å². The highest BCUT2D eigenvalue weighted by Gasteiger charge is 2.21. The maximum absolute atomic E-state index is 12.0. The number of amides is 2. The second kappa shape index (κ2) is 7.43. The highest BCUT2D eigenvalue weighted by atomic mass is 35.5. The molecule has 0 bridgehead atoms. The molecule has 2 amide bonds. The summed E-state index contributed by atoms with van der Waals surface area (Å²) >= 11 is 5.80. The van der Waals surface area contributed by atoms with Crippen molar-refractivity contribution in [2.24, 2.45) is 0 Å². The lowest BCUT2D eigenvalue weighted by molar-refractivity contribution is -0.121. The van der Waals surface area contributed by atoms with Gasteiger partial charge in [0.2, 0.25) is 11.8 Å². The summed E-state index contributed by atoms with van der Waals surface area (Å²) in [6.07, 6.45) is 1.77. The maximum Gasteiger partial charge on any atom is 0.238 e. The van der Waals surface area contributed by atoms with Crippen molar-refractivity contribution in [3.05, 3.63) is 29.3 Å². The van der Waals surface area contributed by atoms with E-state index in [2.05, 4.69) is 15.5 Å². The van der Waals surface area contributed by atoms with E-state index >= 15 is 0 Å². The molecule has 0 unspecified atom stereocenters. The Morgan fingerprint density at radius 1 is 1.24 bits per heavy atom. The summed E-state index contributed by atoms with van der Waals surface area (Å²) in [5.41, 5.74) is 0.748. The van der Waals surface area contributed by atoms with Crippen LogP contribution >= 0.6 is 11.6 Å². The van der Waals surface area contributed by atoms with E-state index in [1.165, 1.54) is 6.92 Å². The Hall–Kier alpha value is -1.59. The number of halogens is 1. The van der Waals surface area contributed by atoms with Gasteiger partial charge in [0.15, 0.2) is 0 Å². The molecule has 1 aliphatic heterocycles. The predicted octanol–water partition coefficient (Wildman–Crippen LogP) is 1.88. The Bertz CT molecular complexity index is 496. The summed E-state index contributed by atoms with van der Waals surface area (Å²) < 4.78 is 0. The fourth-order valence-corrected chi connectivity index (χ4v) is 2.59. The molecule has 21 heavy (non-hydrogen) atoms. The van der Waals surface area contributed by atoms with Gasteiger partial charge in [0, 0.05) is 36.8 Å². The molecule has 5 nitrogen and oxygen atoms in total. The fourth-order valence-electron chi connectivity index (χ4n) is 2.46. The monoisotopic (exact) mass is 309 g/mol. The van der Waals surface area contributed by atoms with Crippen LogP contribution in [0.25, 0.3) is 0 Å². The molecular formula is C15H20ClN3O2. The zero-order valence-electron chi connectivity index (χ0n) is 12.1. The van der Waals surface area contributed by atoms with Gasteiger partial charge < -0.3 is 10.6 Å². The number of anilines is 1. The lowest BCUT2D eigenvalue weighted by Gasteiger charge is -2.31. The maximum atomic E-state index is 12.0. The molecule has 0 radical (unpaired) electrons. The highest BCUT2D eigenvalue weighted by molar-refractivity contribution is 6.30. The number of carbonyl (C=O) groups is 2. The Morgan fingerprint density at radius 3 is 2.43 bits per heavy atom. The predicted molar refractivity (Wildman–Crippen MR) is 83.4 cm³/mol. The molecule has 0 aromatic heterocycles. The summed E-state index contributed by atoms with van der Waals surface area (Å²) in [5, 5.41) is 6.42. The van der Waals surface area contributed by atoms with Crippen LogP contribution in [0, 0.1) is 0 Å². The molecule has 0 spiro atoms. The molecule has 2 rings (SSSR count). The van der Waals surface area contributed by atoms with Crippen LogP contribution in [-0.2, 0) is 9.59 Å². The standard InChI is InChI=1S/C15H20ClN3O2/c1-11(20)17-14-6-8-19(9-7-14)10-15(21)18-13-4-2-12(16)3-5-13/h2-5,14H,6-10H2,1H3,(H,17,20)(H,18,21). The first-order valence-corrected chi connectivity index (χ1v) is 7.45. The summed E-state index contributed by atoms with van der Waals surface area (Å²) in [6.45, 7) is 3.54. The first-order chi connectivity index (χ1) is 10.0. The van der Waals surface area contributed by atoms with Crippen molar-refractivity contribution in [2.75, 3.05) is 25.0 Å². The third kappa shape index (κ3) is 5.36. The number of nitrogens with zero attached hydrogens (tertiary/aromatic N) is 1. The van der Waals surface area contributed by atoms with E-state index in [1.54, 1.807) is 24.3 Å². The normalized spacial score (nSPS) is 16.5. The van der Waals surface area contributed by atoms with Crippen LogP contribution in [-0.4, -0.2) is 42.4 Å². The van der Waals surface area contributed by atoms with E-state index in [1.807, 2.05) is 0 Å². The molecular weight excluding hydrogens is 290 g/mol. The molecule has 0 aliphatic carbocycles. The second-order valence-electron chi connectivity index (χ2n) is 5.31. The van der Waals surface area contributed by atoms with Gasteiger partial charge in [0.25, 0.3) is 0 Å². The quantitative estimate of drug-likeness (QED) is 0.892. The minimum atomic E-state index is -0.0321. The number of rotatable bonds is 4. The number of likely N-dealkylation sites (tertiary alicyclic amines) is 1. The summed E-state index contributed by atoms with van der Waals surface area (Å²) in [6, 6.07) is 7.29.